The molecule has 6 heteroatoms. The monoisotopic (exact) mass is 361 g/mol. The Labute approximate surface area is 153 Å². The van der Waals surface area contributed by atoms with Crippen LogP contribution in [-0.4, -0.2) is 35.8 Å². The number of nitrogens with one attached hydrogen (secondary N) is 1. The molecule has 5 nitrogen and oxygen atoms in total. The number of rotatable bonds is 4. The Balaban J connectivity index is 1.45. The van der Waals surface area contributed by atoms with Gasteiger partial charge in [0.1, 0.15) is 5.00 Å². The number of carbonyl (C=O) groups is 2. The Morgan fingerprint density at radius 1 is 1.12 bits per heavy atom. The summed E-state index contributed by atoms with van der Waals surface area (Å²) in [5.41, 5.74) is 7.21. The molecule has 3 aliphatic rings. The Hall–Kier alpha value is -1.40. The van der Waals surface area contributed by atoms with Crippen molar-refractivity contribution in [1.29, 1.82) is 0 Å². The molecule has 3 N–H and O–H groups in total. The van der Waals surface area contributed by atoms with Crippen LogP contribution in [0.15, 0.2) is 0 Å². The lowest BCUT2D eigenvalue weighted by Gasteiger charge is -2.43. The van der Waals surface area contributed by atoms with E-state index in [4.69, 9.17) is 5.73 Å². The molecule has 1 aromatic heterocycles. The van der Waals surface area contributed by atoms with Crippen LogP contribution in [0.4, 0.5) is 5.00 Å². The minimum atomic E-state index is -0.417. The molecular formula is C19H27N3O2S. The number of likely N-dealkylation sites (tertiary alicyclic amines) is 1. The van der Waals surface area contributed by atoms with Crippen LogP contribution in [-0.2, 0) is 17.6 Å². The van der Waals surface area contributed by atoms with Crippen LogP contribution < -0.4 is 11.1 Å². The maximum absolute atomic E-state index is 12.7. The van der Waals surface area contributed by atoms with E-state index in [1.54, 1.807) is 0 Å². The summed E-state index contributed by atoms with van der Waals surface area (Å²) in [6.45, 7) is 1.44. The van der Waals surface area contributed by atoms with Crippen molar-refractivity contribution in [2.45, 2.75) is 63.8 Å². The third-order valence-corrected chi connectivity index (χ3v) is 7.33. The third kappa shape index (κ3) is 3.34. The highest BCUT2D eigenvalue weighted by Crippen LogP contribution is 2.39. The van der Waals surface area contributed by atoms with E-state index in [0.29, 0.717) is 23.2 Å². The predicted octanol–water partition coefficient (Wildman–Crippen LogP) is 2.93. The highest BCUT2D eigenvalue weighted by atomic mass is 32.1. The molecule has 2 fully saturated rings. The number of primary amides is 1. The topological polar surface area (TPSA) is 75.4 Å². The molecule has 2 aliphatic carbocycles. The first-order valence-corrected chi connectivity index (χ1v) is 10.4. The molecule has 2 heterocycles. The molecule has 1 aliphatic heterocycles. The summed E-state index contributed by atoms with van der Waals surface area (Å²) >= 11 is 1.54. The van der Waals surface area contributed by atoms with Crippen LogP contribution in [0.5, 0.6) is 0 Å². The summed E-state index contributed by atoms with van der Waals surface area (Å²) in [6.07, 6.45) is 10.6. The van der Waals surface area contributed by atoms with Crippen molar-refractivity contribution in [1.82, 2.24) is 4.90 Å². The molecule has 25 heavy (non-hydrogen) atoms. The minimum Gasteiger partial charge on any atom is -0.365 e. The summed E-state index contributed by atoms with van der Waals surface area (Å²) in [7, 11) is 0. The van der Waals surface area contributed by atoms with Gasteiger partial charge in [0.25, 0.3) is 5.91 Å². The van der Waals surface area contributed by atoms with Gasteiger partial charge in [-0.15, -0.1) is 11.3 Å². The average Bonchev–Trinajstić information content (AvgIpc) is 3.15. The van der Waals surface area contributed by atoms with E-state index in [0.717, 1.165) is 37.3 Å². The first-order chi connectivity index (χ1) is 12.1. The largest absolute Gasteiger partial charge is 0.365 e. The summed E-state index contributed by atoms with van der Waals surface area (Å²) in [4.78, 5) is 28.1. The molecule has 0 bridgehead atoms. The standard InChI is InChI=1S/C19H27N3O2S/c20-18(24)17-13-7-3-9-15(13)25-19(17)21-16(23)11-22-10-4-6-12-5-1-2-8-14(12)22/h12,14H,1-11H2,(H2,20,24)(H,21,23)/t12-,14-/m1/s1. The summed E-state index contributed by atoms with van der Waals surface area (Å²) in [5, 5.41) is 3.67. The smallest absolute Gasteiger partial charge is 0.251 e. The molecule has 1 saturated heterocycles. The number of thiophene rings is 1. The lowest BCUT2D eigenvalue weighted by atomic mass is 9.78. The second-order valence-corrected chi connectivity index (χ2v) is 8.80. The van der Waals surface area contributed by atoms with Crippen molar-refractivity contribution < 1.29 is 9.59 Å². The quantitative estimate of drug-likeness (QED) is 0.866. The number of hydrogen-bond acceptors (Lipinski definition) is 4. The van der Waals surface area contributed by atoms with E-state index in [1.165, 1.54) is 54.7 Å². The lowest BCUT2D eigenvalue weighted by Crippen LogP contribution is -2.49. The zero-order chi connectivity index (χ0) is 17.4. The number of nitrogens with two attached hydrogens (primary N) is 1. The Kier molecular flexibility index (Phi) is 4.82. The van der Waals surface area contributed by atoms with Crippen molar-refractivity contribution >= 4 is 28.2 Å². The molecule has 0 aromatic carbocycles. The SMILES string of the molecule is NC(=O)c1c(NC(=O)CN2CCC[C@H]3CCCC[C@H]32)sc2c1CCC2. The van der Waals surface area contributed by atoms with Gasteiger partial charge in [-0.1, -0.05) is 12.8 Å². The van der Waals surface area contributed by atoms with Gasteiger partial charge in [0.2, 0.25) is 5.91 Å². The zero-order valence-electron chi connectivity index (χ0n) is 14.7. The van der Waals surface area contributed by atoms with Crippen LogP contribution in [0.2, 0.25) is 0 Å². The Morgan fingerprint density at radius 2 is 1.92 bits per heavy atom. The van der Waals surface area contributed by atoms with E-state index < -0.39 is 5.91 Å². The van der Waals surface area contributed by atoms with Crippen molar-refractivity contribution in [2.24, 2.45) is 11.7 Å². The molecule has 136 valence electrons. The van der Waals surface area contributed by atoms with Gasteiger partial charge in [0, 0.05) is 10.9 Å². The molecule has 0 radical (unpaired) electrons. The van der Waals surface area contributed by atoms with Crippen LogP contribution in [0.25, 0.3) is 0 Å². The Bertz CT molecular complexity index is 682. The van der Waals surface area contributed by atoms with Gasteiger partial charge >= 0.3 is 0 Å². The van der Waals surface area contributed by atoms with E-state index >= 15 is 0 Å². The van der Waals surface area contributed by atoms with Gasteiger partial charge < -0.3 is 11.1 Å². The maximum atomic E-state index is 12.7. The van der Waals surface area contributed by atoms with Gasteiger partial charge in [-0.25, -0.2) is 0 Å². The number of carbonyl (C=O) groups excluding carboxylic acids is 2. The third-order valence-electron chi connectivity index (χ3n) is 6.13. The molecular weight excluding hydrogens is 334 g/mol. The van der Waals surface area contributed by atoms with E-state index in [-0.39, 0.29) is 5.91 Å². The molecule has 0 unspecified atom stereocenters. The van der Waals surface area contributed by atoms with Gasteiger partial charge in [-0.2, -0.15) is 0 Å². The normalized spacial score (nSPS) is 26.1. The summed E-state index contributed by atoms with van der Waals surface area (Å²) in [5.74, 6) is 0.343. The van der Waals surface area contributed by atoms with Crippen LogP contribution in [0, 0.1) is 5.92 Å². The van der Waals surface area contributed by atoms with Gasteiger partial charge in [0.05, 0.1) is 12.1 Å². The average molecular weight is 362 g/mol. The first kappa shape index (κ1) is 17.0. The lowest BCUT2D eigenvalue weighted by molar-refractivity contribution is -0.118. The summed E-state index contributed by atoms with van der Waals surface area (Å²) < 4.78 is 0. The minimum absolute atomic E-state index is 0.00588. The number of hydrogen-bond donors (Lipinski definition) is 2. The van der Waals surface area contributed by atoms with Crippen LogP contribution in [0.1, 0.15) is 65.7 Å². The second kappa shape index (κ2) is 7.08. The van der Waals surface area contributed by atoms with Gasteiger partial charge in [0.15, 0.2) is 0 Å². The molecule has 0 spiro atoms. The van der Waals surface area contributed by atoms with Crippen molar-refractivity contribution in [3.63, 3.8) is 0 Å². The van der Waals surface area contributed by atoms with Gasteiger partial charge in [-0.05, 0) is 63.0 Å². The highest BCUT2D eigenvalue weighted by molar-refractivity contribution is 7.17. The van der Waals surface area contributed by atoms with E-state index in [9.17, 15) is 9.59 Å². The summed E-state index contributed by atoms with van der Waals surface area (Å²) in [6, 6.07) is 0.567. The van der Waals surface area contributed by atoms with E-state index in [1.807, 2.05) is 0 Å². The number of anilines is 1. The number of fused-ring (bicyclic) bond motifs is 2. The number of amides is 2. The number of piperidine rings is 1. The molecule has 2 amide bonds. The second-order valence-electron chi connectivity index (χ2n) is 7.70. The highest BCUT2D eigenvalue weighted by Gasteiger charge is 2.34. The van der Waals surface area contributed by atoms with E-state index in [2.05, 4.69) is 10.2 Å². The molecule has 4 rings (SSSR count). The predicted molar refractivity (Wildman–Crippen MR) is 100 cm³/mol. The number of aryl methyl sites for hydroxylation is 1. The van der Waals surface area contributed by atoms with Crippen LogP contribution in [0.3, 0.4) is 0 Å². The van der Waals surface area contributed by atoms with Gasteiger partial charge in [-0.3, -0.25) is 14.5 Å². The fraction of sp³-hybridized carbons (Fsp3) is 0.684. The molecule has 1 aromatic rings. The fourth-order valence-corrected chi connectivity index (χ4v) is 6.34. The maximum Gasteiger partial charge on any atom is 0.251 e. The van der Waals surface area contributed by atoms with Crippen molar-refractivity contribution in [2.75, 3.05) is 18.4 Å². The Morgan fingerprint density at radius 3 is 2.76 bits per heavy atom. The molecule has 2 atom stereocenters. The van der Waals surface area contributed by atoms with Crippen molar-refractivity contribution in [3.8, 4) is 0 Å². The fourth-order valence-electron chi connectivity index (χ4n) is 5.03. The number of nitrogens with zero attached hydrogens (tertiary/aromatic N) is 1. The van der Waals surface area contributed by atoms with Crippen LogP contribution >= 0.6 is 11.3 Å². The molecule has 1 saturated carbocycles. The van der Waals surface area contributed by atoms with Crippen molar-refractivity contribution in [3.05, 3.63) is 16.0 Å². The first-order valence-electron chi connectivity index (χ1n) is 9.61. The zero-order valence-corrected chi connectivity index (χ0v) is 15.5.